The van der Waals surface area contributed by atoms with Crippen molar-refractivity contribution in [3.8, 4) is 0 Å². The number of piperidine rings is 1. The topological polar surface area (TPSA) is 3.24 Å². The molecule has 5 heteroatoms. The summed E-state index contributed by atoms with van der Waals surface area (Å²) in [4.78, 5) is 0. The van der Waals surface area contributed by atoms with Gasteiger partial charge in [-0.1, -0.05) is 0 Å². The molecule has 0 amide bonds. The van der Waals surface area contributed by atoms with Gasteiger partial charge in [0.25, 0.3) is 0 Å². The maximum atomic E-state index is 7.64. The molecule has 1 saturated heterocycles. The van der Waals surface area contributed by atoms with Crippen molar-refractivity contribution in [2.45, 2.75) is 19.3 Å². The molecule has 0 atom stereocenters. The molecule has 1 aliphatic rings. The van der Waals surface area contributed by atoms with Crippen LogP contribution in [0.4, 0.5) is 0 Å². The SMILES string of the molecule is [Cl][Pd]([Cl])([N]1CCCCC1)[PH](c1ccccc1)(c1ccccc1)c1ccccc1. The Hall–Kier alpha value is -0.708. The van der Waals surface area contributed by atoms with Gasteiger partial charge in [0.15, 0.2) is 0 Å². The van der Waals surface area contributed by atoms with Crippen LogP contribution in [0.3, 0.4) is 0 Å². The Morgan fingerprint density at radius 3 is 1.29 bits per heavy atom. The molecular weight excluding hydrogens is 499 g/mol. The van der Waals surface area contributed by atoms with Gasteiger partial charge in [-0.3, -0.25) is 0 Å². The number of nitrogens with zero attached hydrogens (tertiary/aromatic N) is 1. The Labute approximate surface area is 179 Å². The first-order chi connectivity index (χ1) is 13.7. The Kier molecular flexibility index (Phi) is 6.59. The molecule has 1 aliphatic heterocycles. The van der Waals surface area contributed by atoms with Crippen molar-refractivity contribution in [2.75, 3.05) is 13.1 Å². The van der Waals surface area contributed by atoms with E-state index >= 15 is 0 Å². The average Bonchev–Trinajstić information content (AvgIpc) is 2.77. The number of hydrogen-bond acceptors (Lipinski definition) is 1. The quantitative estimate of drug-likeness (QED) is 0.315. The van der Waals surface area contributed by atoms with E-state index in [1.165, 1.54) is 35.2 Å². The summed E-state index contributed by atoms with van der Waals surface area (Å²) in [5.41, 5.74) is -2.63. The Morgan fingerprint density at radius 2 is 0.929 bits per heavy atom. The average molecular weight is 525 g/mol. The van der Waals surface area contributed by atoms with E-state index in [9.17, 15) is 0 Å². The Balaban J connectivity index is 2.04. The van der Waals surface area contributed by atoms with Gasteiger partial charge in [-0.25, -0.2) is 0 Å². The van der Waals surface area contributed by atoms with E-state index in [1.807, 2.05) is 0 Å². The van der Waals surface area contributed by atoms with Gasteiger partial charge in [0.05, 0.1) is 0 Å². The fourth-order valence-corrected chi connectivity index (χ4v) is 28.0. The van der Waals surface area contributed by atoms with Crippen molar-refractivity contribution in [1.29, 1.82) is 0 Å². The first kappa shape index (κ1) is 20.6. The number of benzene rings is 3. The molecule has 0 N–H and O–H groups in total. The van der Waals surface area contributed by atoms with Crippen molar-refractivity contribution in [3.05, 3.63) is 91.0 Å². The third kappa shape index (κ3) is 3.61. The van der Waals surface area contributed by atoms with Crippen molar-refractivity contribution >= 4 is 40.4 Å². The monoisotopic (exact) mass is 523 g/mol. The zero-order chi connectivity index (χ0) is 19.5. The number of halogens is 2. The molecule has 0 aromatic heterocycles. The maximum absolute atomic E-state index is 7.64. The summed E-state index contributed by atoms with van der Waals surface area (Å²) in [6.45, 7) is 2.01. The number of hydrogen-bond donors (Lipinski definition) is 0. The van der Waals surface area contributed by atoms with Crippen LogP contribution in [0.1, 0.15) is 19.3 Å². The fraction of sp³-hybridized carbons (Fsp3) is 0.217. The molecule has 1 heterocycles. The number of rotatable bonds is 5. The molecule has 3 aromatic carbocycles. The van der Waals surface area contributed by atoms with Crippen molar-refractivity contribution in [1.82, 2.24) is 3.53 Å². The fourth-order valence-electron chi connectivity index (χ4n) is 3.97. The van der Waals surface area contributed by atoms with Gasteiger partial charge < -0.3 is 0 Å². The van der Waals surface area contributed by atoms with Crippen LogP contribution in [0.15, 0.2) is 91.0 Å². The third-order valence-electron chi connectivity index (χ3n) is 5.27. The van der Waals surface area contributed by atoms with Crippen LogP contribution in [-0.2, 0) is 13.2 Å². The molecule has 152 valence electrons. The van der Waals surface area contributed by atoms with Gasteiger partial charge in [-0.05, 0) is 0 Å². The first-order valence-electron chi connectivity index (χ1n) is 9.65. The molecule has 1 fully saturated rings. The second kappa shape index (κ2) is 8.97. The minimum absolute atomic E-state index is 1.01. The molecule has 1 nitrogen and oxygen atoms in total. The van der Waals surface area contributed by atoms with Crippen LogP contribution in [0.5, 0.6) is 0 Å². The van der Waals surface area contributed by atoms with E-state index < -0.39 is 18.7 Å². The molecule has 0 radical (unpaired) electrons. The van der Waals surface area contributed by atoms with E-state index in [1.54, 1.807) is 0 Å². The molecule has 0 bridgehead atoms. The first-order valence-corrected chi connectivity index (χ1v) is 18.5. The summed E-state index contributed by atoms with van der Waals surface area (Å²) in [5.74, 6) is 0. The van der Waals surface area contributed by atoms with Gasteiger partial charge >= 0.3 is 181 Å². The van der Waals surface area contributed by atoms with Gasteiger partial charge in [0.2, 0.25) is 0 Å². The van der Waals surface area contributed by atoms with Crippen LogP contribution in [0.25, 0.3) is 0 Å². The summed E-state index contributed by atoms with van der Waals surface area (Å²) in [6.07, 6.45) is 3.63. The molecule has 4 rings (SSSR count). The Morgan fingerprint density at radius 1 is 0.571 bits per heavy atom. The summed E-state index contributed by atoms with van der Waals surface area (Å²) < 4.78 is 2.47. The van der Waals surface area contributed by atoms with Gasteiger partial charge in [-0.15, -0.1) is 0 Å². The van der Waals surface area contributed by atoms with Crippen LogP contribution in [0, 0.1) is 0 Å². The second-order valence-electron chi connectivity index (χ2n) is 6.98. The molecule has 0 aliphatic carbocycles. The summed E-state index contributed by atoms with van der Waals surface area (Å²) >= 11 is -3.04. The summed E-state index contributed by atoms with van der Waals surface area (Å²) in [6, 6.07) is 32.4. The summed E-state index contributed by atoms with van der Waals surface area (Å²) in [7, 11) is 15.3. The predicted molar refractivity (Wildman–Crippen MR) is 124 cm³/mol. The van der Waals surface area contributed by atoms with Gasteiger partial charge in [-0.2, -0.15) is 0 Å². The normalized spacial score (nSPS) is 17.2. The minimum atomic E-state index is -3.04. The molecule has 0 unspecified atom stereocenters. The van der Waals surface area contributed by atoms with E-state index in [-0.39, 0.29) is 0 Å². The molecule has 3 aromatic rings. The second-order valence-corrected chi connectivity index (χ2v) is 26.0. The van der Waals surface area contributed by atoms with E-state index in [2.05, 4.69) is 94.5 Å². The molecular formula is C23H26Cl2NPPd. The third-order valence-corrected chi connectivity index (χ3v) is 28.6. The zero-order valence-corrected chi connectivity index (χ0v) is 19.8. The van der Waals surface area contributed by atoms with Gasteiger partial charge in [0, 0.05) is 0 Å². The van der Waals surface area contributed by atoms with Crippen LogP contribution in [-0.4, -0.2) is 16.6 Å². The predicted octanol–water partition coefficient (Wildman–Crippen LogP) is 5.49. The van der Waals surface area contributed by atoms with Gasteiger partial charge in [0.1, 0.15) is 0 Å². The molecule has 0 spiro atoms. The summed E-state index contributed by atoms with van der Waals surface area (Å²) in [5, 5.41) is 3.92. The van der Waals surface area contributed by atoms with E-state index in [4.69, 9.17) is 19.1 Å². The Bertz CT molecular complexity index is 788. The van der Waals surface area contributed by atoms with E-state index in [0.29, 0.717) is 0 Å². The van der Waals surface area contributed by atoms with Crippen LogP contribution in [0.2, 0.25) is 0 Å². The molecule has 28 heavy (non-hydrogen) atoms. The van der Waals surface area contributed by atoms with Crippen molar-refractivity contribution < 1.29 is 13.2 Å². The van der Waals surface area contributed by atoms with E-state index in [0.717, 1.165) is 13.1 Å². The molecule has 0 saturated carbocycles. The van der Waals surface area contributed by atoms with Crippen molar-refractivity contribution in [3.63, 3.8) is 0 Å². The zero-order valence-electron chi connectivity index (χ0n) is 15.7. The van der Waals surface area contributed by atoms with Crippen LogP contribution >= 0.6 is 24.5 Å². The standard InChI is InChI=1S/C18H15P.C5H10N.2ClH.Pd/c1-4-10-16(11-5-1)19(17-12-6-2-7-13-17)18-14-8-3-9-15-18;1-2-4-6-5-3-1;;;/h1-15H;1-5H2;2*1H;/q;-1;;;+2/p-1. The van der Waals surface area contributed by atoms with Crippen LogP contribution < -0.4 is 15.9 Å². The van der Waals surface area contributed by atoms with Crippen molar-refractivity contribution in [2.24, 2.45) is 0 Å².